The molecule has 2 amide bonds. The number of likely N-dealkylation sites (tertiary alicyclic amines) is 2. The number of carbonyl (C=O) groups excluding carboxylic acids is 2. The average Bonchev–Trinajstić information content (AvgIpc) is 3.26. The molecule has 2 aliphatic rings. The number of benzene rings is 1. The smallest absolute Gasteiger partial charge is 0.320 e. The van der Waals surface area contributed by atoms with Gasteiger partial charge in [-0.25, -0.2) is 9.18 Å². The number of urea groups is 1. The van der Waals surface area contributed by atoms with Gasteiger partial charge in [0, 0.05) is 38.5 Å². The summed E-state index contributed by atoms with van der Waals surface area (Å²) in [5.41, 5.74) is 1.94. The summed E-state index contributed by atoms with van der Waals surface area (Å²) < 4.78 is 15.1. The number of hydrogen-bond acceptors (Lipinski definition) is 5. The molecule has 4 rings (SSSR count). The summed E-state index contributed by atoms with van der Waals surface area (Å²) in [6.45, 7) is 11.4. The fourth-order valence-electron chi connectivity index (χ4n) is 4.29. The molecule has 0 saturated carbocycles. The highest BCUT2D eigenvalue weighted by atomic mass is 19.1. The van der Waals surface area contributed by atoms with Gasteiger partial charge in [-0.15, -0.1) is 0 Å². The zero-order valence-corrected chi connectivity index (χ0v) is 21.3. The maximum Gasteiger partial charge on any atom is 0.320 e. The number of nitrogens with zero attached hydrogens (tertiary/aromatic N) is 5. The van der Waals surface area contributed by atoms with Gasteiger partial charge in [0.1, 0.15) is 17.6 Å². The van der Waals surface area contributed by atoms with Crippen molar-refractivity contribution >= 4 is 28.4 Å². The highest BCUT2D eigenvalue weighted by Gasteiger charge is 2.29. The fourth-order valence-corrected chi connectivity index (χ4v) is 4.29. The monoisotopic (exact) mass is 485 g/mol. The number of carbonyl (C=O) groups is 2. The van der Waals surface area contributed by atoms with Gasteiger partial charge in [0.05, 0.1) is 17.2 Å². The molecule has 0 unspecified atom stereocenters. The Bertz CT molecular complexity index is 1100. The molecular weight excluding hydrogens is 449 g/mol. The zero-order valence-electron chi connectivity index (χ0n) is 21.3. The molecule has 190 valence electrons. The van der Waals surface area contributed by atoms with Crippen LogP contribution in [-0.2, 0) is 0 Å². The van der Waals surface area contributed by atoms with Crippen LogP contribution in [0.1, 0.15) is 70.8 Å². The van der Waals surface area contributed by atoms with E-state index < -0.39 is 5.82 Å². The molecular formula is C26H36FN5O3. The Hall–Kier alpha value is -3.25. The van der Waals surface area contributed by atoms with E-state index in [0.29, 0.717) is 74.0 Å². The molecule has 1 aromatic carbocycles. The summed E-state index contributed by atoms with van der Waals surface area (Å²) in [7, 11) is 0. The second-order valence-corrected chi connectivity index (χ2v) is 8.02. The van der Waals surface area contributed by atoms with E-state index in [2.05, 4.69) is 11.2 Å². The topological polar surface area (TPSA) is 102 Å². The van der Waals surface area contributed by atoms with Gasteiger partial charge < -0.3 is 14.9 Å². The highest BCUT2D eigenvalue weighted by Crippen LogP contribution is 2.31. The molecule has 2 fully saturated rings. The van der Waals surface area contributed by atoms with Crippen molar-refractivity contribution in [1.29, 1.82) is 5.26 Å². The van der Waals surface area contributed by atoms with Gasteiger partial charge in [-0.05, 0) is 49.5 Å². The Kier molecular flexibility index (Phi) is 10.4. The Labute approximate surface area is 206 Å². The van der Waals surface area contributed by atoms with Crippen molar-refractivity contribution in [3.8, 4) is 6.07 Å². The average molecular weight is 486 g/mol. The summed E-state index contributed by atoms with van der Waals surface area (Å²) in [6, 6.07) is 6.18. The van der Waals surface area contributed by atoms with Crippen LogP contribution < -0.4 is 0 Å². The van der Waals surface area contributed by atoms with Crippen LogP contribution in [0.2, 0.25) is 0 Å². The van der Waals surface area contributed by atoms with Gasteiger partial charge in [0.15, 0.2) is 0 Å². The van der Waals surface area contributed by atoms with Crippen LogP contribution in [0.3, 0.4) is 0 Å². The first-order valence-electron chi connectivity index (χ1n) is 12.4. The van der Waals surface area contributed by atoms with Crippen LogP contribution in [0.4, 0.5) is 9.18 Å². The SMILES string of the molecule is CC.CC.CC(=O)n1nc(C(C#N)=C2CCN(C(=O)N3CCC(O)CC3)CC2)c2cc(F)ccc21. The van der Waals surface area contributed by atoms with Crippen molar-refractivity contribution < 1.29 is 19.1 Å². The number of nitriles is 1. The second kappa shape index (κ2) is 13.0. The van der Waals surface area contributed by atoms with Gasteiger partial charge in [-0.3, -0.25) is 4.79 Å². The van der Waals surface area contributed by atoms with Gasteiger partial charge in [-0.1, -0.05) is 27.7 Å². The molecule has 3 heterocycles. The third-order valence-corrected chi connectivity index (χ3v) is 6.01. The van der Waals surface area contributed by atoms with Crippen molar-refractivity contribution in [3.63, 3.8) is 0 Å². The molecule has 8 nitrogen and oxygen atoms in total. The molecule has 9 heteroatoms. The largest absolute Gasteiger partial charge is 0.393 e. The molecule has 0 atom stereocenters. The maximum atomic E-state index is 13.9. The molecule has 1 aromatic heterocycles. The van der Waals surface area contributed by atoms with E-state index in [1.807, 2.05) is 27.7 Å². The molecule has 2 aliphatic heterocycles. The Morgan fingerprint density at radius 1 is 1.06 bits per heavy atom. The standard InChI is InChI=1S/C22H24FN5O3.2C2H6/c1-14(29)28-20-3-2-16(23)12-18(20)21(25-28)19(13-24)15-4-8-26(9-5-15)22(31)27-10-6-17(30)7-11-27;2*1-2/h2-3,12,17,30H,4-11H2,1H3;2*1-2H3. The van der Waals surface area contributed by atoms with Crippen molar-refractivity contribution in [3.05, 3.63) is 35.3 Å². The number of rotatable bonds is 1. The number of piperidine rings is 2. The molecule has 0 spiro atoms. The third-order valence-electron chi connectivity index (χ3n) is 6.01. The molecule has 2 aromatic rings. The van der Waals surface area contributed by atoms with Crippen LogP contribution in [-0.4, -0.2) is 68.9 Å². The van der Waals surface area contributed by atoms with E-state index in [9.17, 15) is 24.3 Å². The normalized spacial score (nSPS) is 16.0. The first kappa shape index (κ1) is 28.0. The van der Waals surface area contributed by atoms with Gasteiger partial charge in [0.25, 0.3) is 0 Å². The number of amides is 2. The molecule has 0 bridgehead atoms. The zero-order chi connectivity index (χ0) is 26.1. The van der Waals surface area contributed by atoms with Gasteiger partial charge in [0.2, 0.25) is 5.91 Å². The van der Waals surface area contributed by atoms with E-state index in [-0.39, 0.29) is 18.0 Å². The lowest BCUT2D eigenvalue weighted by Crippen LogP contribution is -2.49. The number of hydrogen-bond donors (Lipinski definition) is 1. The number of aliphatic hydroxyl groups excluding tert-OH is 1. The minimum Gasteiger partial charge on any atom is -0.393 e. The van der Waals surface area contributed by atoms with Crippen molar-refractivity contribution in [2.75, 3.05) is 26.2 Å². The second-order valence-electron chi connectivity index (χ2n) is 8.02. The number of aliphatic hydroxyl groups is 1. The van der Waals surface area contributed by atoms with Crippen LogP contribution in [0, 0.1) is 17.1 Å². The highest BCUT2D eigenvalue weighted by molar-refractivity contribution is 5.99. The molecule has 0 radical (unpaired) electrons. The van der Waals surface area contributed by atoms with E-state index >= 15 is 0 Å². The summed E-state index contributed by atoms with van der Waals surface area (Å²) >= 11 is 0. The van der Waals surface area contributed by atoms with Crippen LogP contribution in [0.5, 0.6) is 0 Å². The molecule has 1 N–H and O–H groups in total. The maximum absolute atomic E-state index is 13.9. The quantitative estimate of drug-likeness (QED) is 0.583. The predicted octanol–water partition coefficient (Wildman–Crippen LogP) is 4.84. The predicted molar refractivity (Wildman–Crippen MR) is 134 cm³/mol. The summed E-state index contributed by atoms with van der Waals surface area (Å²) in [5, 5.41) is 24.2. The molecule has 35 heavy (non-hydrogen) atoms. The van der Waals surface area contributed by atoms with Crippen molar-refractivity contribution in [2.45, 2.75) is 66.4 Å². The molecule has 0 aliphatic carbocycles. The van der Waals surface area contributed by atoms with Crippen LogP contribution >= 0.6 is 0 Å². The summed E-state index contributed by atoms with van der Waals surface area (Å²) in [5.74, 6) is -0.788. The Balaban J connectivity index is 0.00000103. The molecule has 2 saturated heterocycles. The van der Waals surface area contributed by atoms with Crippen LogP contribution in [0.25, 0.3) is 16.5 Å². The van der Waals surface area contributed by atoms with Gasteiger partial charge >= 0.3 is 6.03 Å². The lowest BCUT2D eigenvalue weighted by Gasteiger charge is -2.36. The van der Waals surface area contributed by atoms with E-state index in [0.717, 1.165) is 5.57 Å². The lowest BCUT2D eigenvalue weighted by molar-refractivity contribution is 0.0803. The first-order valence-corrected chi connectivity index (χ1v) is 12.4. The van der Waals surface area contributed by atoms with Crippen molar-refractivity contribution in [2.24, 2.45) is 0 Å². The van der Waals surface area contributed by atoms with Crippen molar-refractivity contribution in [1.82, 2.24) is 19.6 Å². The minimum absolute atomic E-state index is 0.0437. The number of halogens is 1. The van der Waals surface area contributed by atoms with E-state index in [1.54, 1.807) is 9.80 Å². The Morgan fingerprint density at radius 3 is 2.17 bits per heavy atom. The first-order chi connectivity index (χ1) is 16.9. The number of aromatic nitrogens is 2. The third kappa shape index (κ3) is 6.25. The van der Waals surface area contributed by atoms with E-state index in [1.165, 1.54) is 29.8 Å². The number of allylic oxidation sites excluding steroid dienone is 1. The van der Waals surface area contributed by atoms with E-state index in [4.69, 9.17) is 0 Å². The number of fused-ring (bicyclic) bond motifs is 1. The fraction of sp³-hybridized carbons (Fsp3) is 0.538. The minimum atomic E-state index is -0.466. The Morgan fingerprint density at radius 2 is 1.63 bits per heavy atom. The van der Waals surface area contributed by atoms with Crippen LogP contribution in [0.15, 0.2) is 23.8 Å². The summed E-state index contributed by atoms with van der Waals surface area (Å²) in [6.07, 6.45) is 1.86. The lowest BCUT2D eigenvalue weighted by atomic mass is 9.95. The summed E-state index contributed by atoms with van der Waals surface area (Å²) in [4.78, 5) is 28.3. The van der Waals surface area contributed by atoms with Gasteiger partial charge in [-0.2, -0.15) is 15.0 Å².